The molecule has 1 heterocycles. The fraction of sp³-hybridized carbons (Fsp3) is 0.273. The van der Waals surface area contributed by atoms with Crippen LogP contribution in [-0.4, -0.2) is 14.8 Å². The second kappa shape index (κ2) is 4.75. The van der Waals surface area contributed by atoms with E-state index in [0.717, 1.165) is 18.6 Å². The van der Waals surface area contributed by atoms with Gasteiger partial charge in [0.05, 0.1) is 5.69 Å². The molecule has 0 atom stereocenters. The summed E-state index contributed by atoms with van der Waals surface area (Å²) in [5.74, 6) is -1.06. The molecule has 0 bridgehead atoms. The fourth-order valence-electron chi connectivity index (χ4n) is 1.61. The zero-order valence-electron chi connectivity index (χ0n) is 9.20. The third-order valence-corrected chi connectivity index (χ3v) is 2.65. The van der Waals surface area contributed by atoms with Gasteiger partial charge >= 0.3 is 0 Å². The highest BCUT2D eigenvalue weighted by molar-refractivity contribution is 7.71. The number of H-pyrrole nitrogens is 1. The van der Waals surface area contributed by atoms with Crippen molar-refractivity contribution >= 4 is 12.2 Å². The van der Waals surface area contributed by atoms with Crippen molar-refractivity contribution < 1.29 is 8.78 Å². The Kier molecular flexibility index (Phi) is 3.33. The topological polar surface area (TPSA) is 33.6 Å². The lowest BCUT2D eigenvalue weighted by molar-refractivity contribution is 0.507. The maximum absolute atomic E-state index is 13.2. The summed E-state index contributed by atoms with van der Waals surface area (Å²) in [5.41, 5.74) is 0.478. The minimum absolute atomic E-state index is 0.374. The van der Waals surface area contributed by atoms with Gasteiger partial charge in [0, 0.05) is 12.5 Å². The molecule has 90 valence electrons. The predicted octanol–water partition coefficient (Wildman–Crippen LogP) is 3.16. The summed E-state index contributed by atoms with van der Waals surface area (Å²) in [7, 11) is 0. The molecule has 0 unspecified atom stereocenters. The largest absolute Gasteiger partial charge is 0.272 e. The zero-order valence-corrected chi connectivity index (χ0v) is 10.0. The van der Waals surface area contributed by atoms with E-state index in [4.69, 9.17) is 12.2 Å². The first-order valence-electron chi connectivity index (χ1n) is 5.25. The van der Waals surface area contributed by atoms with Crippen LogP contribution in [0.15, 0.2) is 18.2 Å². The van der Waals surface area contributed by atoms with Crippen LogP contribution >= 0.6 is 12.2 Å². The van der Waals surface area contributed by atoms with Crippen LogP contribution in [0.5, 0.6) is 0 Å². The number of halogens is 2. The molecular weight excluding hydrogens is 244 g/mol. The molecule has 1 N–H and O–H groups in total. The third-order valence-electron chi connectivity index (χ3n) is 2.38. The molecule has 1 aromatic heterocycles. The Balaban J connectivity index is 2.55. The summed E-state index contributed by atoms with van der Waals surface area (Å²) in [5, 5.41) is 6.72. The molecule has 2 rings (SSSR count). The molecular formula is C11H11F2N3S. The van der Waals surface area contributed by atoms with Crippen molar-refractivity contribution in [2.24, 2.45) is 0 Å². The molecule has 0 amide bonds. The molecule has 0 aliphatic heterocycles. The van der Waals surface area contributed by atoms with Crippen LogP contribution in [0, 0.1) is 16.4 Å². The van der Waals surface area contributed by atoms with Gasteiger partial charge in [-0.15, -0.1) is 0 Å². The number of aromatic amines is 1. The Morgan fingerprint density at radius 2 is 2.12 bits per heavy atom. The van der Waals surface area contributed by atoms with E-state index in [-0.39, 0.29) is 0 Å². The minimum Gasteiger partial charge on any atom is -0.272 e. The van der Waals surface area contributed by atoms with Crippen LogP contribution in [0.1, 0.15) is 19.2 Å². The van der Waals surface area contributed by atoms with E-state index < -0.39 is 11.6 Å². The van der Waals surface area contributed by atoms with E-state index in [1.165, 1.54) is 6.07 Å². The number of nitrogens with one attached hydrogen (secondary N) is 1. The minimum atomic E-state index is -0.895. The average Bonchev–Trinajstić information content (AvgIpc) is 2.65. The van der Waals surface area contributed by atoms with Gasteiger partial charge in [-0.1, -0.05) is 6.92 Å². The number of aryl methyl sites for hydroxylation is 1. The number of hydrogen-bond donors (Lipinski definition) is 1. The molecule has 0 aliphatic rings. The predicted molar refractivity (Wildman–Crippen MR) is 62.7 cm³/mol. The van der Waals surface area contributed by atoms with E-state index in [1.54, 1.807) is 4.57 Å². The molecule has 0 saturated carbocycles. The average molecular weight is 255 g/mol. The van der Waals surface area contributed by atoms with Gasteiger partial charge in [-0.05, 0) is 30.8 Å². The standard InChI is InChI=1S/C11H11F2N3S/c1-2-3-10-14-15-11(17)16(10)7-4-5-8(12)9(13)6-7/h4-6H,2-3H2,1H3,(H,15,17). The van der Waals surface area contributed by atoms with Gasteiger partial charge < -0.3 is 0 Å². The lowest BCUT2D eigenvalue weighted by atomic mass is 10.2. The zero-order chi connectivity index (χ0) is 12.4. The Morgan fingerprint density at radius 1 is 1.35 bits per heavy atom. The van der Waals surface area contributed by atoms with Crippen molar-refractivity contribution in [2.75, 3.05) is 0 Å². The number of rotatable bonds is 3. The smallest absolute Gasteiger partial charge is 0.199 e. The lowest BCUT2D eigenvalue weighted by Gasteiger charge is -2.06. The van der Waals surface area contributed by atoms with Crippen LogP contribution in [0.4, 0.5) is 8.78 Å². The van der Waals surface area contributed by atoms with E-state index in [0.29, 0.717) is 22.7 Å². The summed E-state index contributed by atoms with van der Waals surface area (Å²) >= 11 is 5.07. The van der Waals surface area contributed by atoms with Crippen LogP contribution < -0.4 is 0 Å². The van der Waals surface area contributed by atoms with Gasteiger partial charge in [-0.2, -0.15) is 5.10 Å². The highest BCUT2D eigenvalue weighted by atomic mass is 32.1. The van der Waals surface area contributed by atoms with Crippen LogP contribution in [0.2, 0.25) is 0 Å². The molecule has 0 spiro atoms. The molecule has 2 aromatic rings. The van der Waals surface area contributed by atoms with Gasteiger partial charge in [0.15, 0.2) is 16.4 Å². The molecule has 0 aliphatic carbocycles. The molecule has 17 heavy (non-hydrogen) atoms. The Labute approximate surface area is 102 Å². The number of benzene rings is 1. The Morgan fingerprint density at radius 3 is 2.76 bits per heavy atom. The summed E-state index contributed by atoms with van der Waals surface area (Å²) in [6.07, 6.45) is 1.61. The maximum Gasteiger partial charge on any atom is 0.199 e. The highest BCUT2D eigenvalue weighted by Crippen LogP contribution is 2.15. The molecule has 6 heteroatoms. The van der Waals surface area contributed by atoms with E-state index in [2.05, 4.69) is 10.2 Å². The first-order valence-corrected chi connectivity index (χ1v) is 5.66. The fourth-order valence-corrected chi connectivity index (χ4v) is 1.87. The quantitative estimate of drug-likeness (QED) is 0.855. The molecule has 1 aromatic carbocycles. The SMILES string of the molecule is CCCc1n[nH]c(=S)n1-c1ccc(F)c(F)c1. The second-order valence-electron chi connectivity index (χ2n) is 3.63. The van der Waals surface area contributed by atoms with Gasteiger partial charge in [0.2, 0.25) is 0 Å². The number of hydrogen-bond acceptors (Lipinski definition) is 2. The van der Waals surface area contributed by atoms with Gasteiger partial charge in [0.1, 0.15) is 5.82 Å². The van der Waals surface area contributed by atoms with Crippen LogP contribution in [-0.2, 0) is 6.42 Å². The summed E-state index contributed by atoms with van der Waals surface area (Å²) < 4.78 is 28.0. The highest BCUT2D eigenvalue weighted by Gasteiger charge is 2.10. The second-order valence-corrected chi connectivity index (χ2v) is 4.02. The van der Waals surface area contributed by atoms with Gasteiger partial charge in [0.25, 0.3) is 0 Å². The van der Waals surface area contributed by atoms with E-state index in [1.807, 2.05) is 6.92 Å². The maximum atomic E-state index is 13.2. The van der Waals surface area contributed by atoms with Crippen LogP contribution in [0.25, 0.3) is 5.69 Å². The van der Waals surface area contributed by atoms with Gasteiger partial charge in [-0.25, -0.2) is 8.78 Å². The molecule has 0 radical (unpaired) electrons. The van der Waals surface area contributed by atoms with Crippen LogP contribution in [0.3, 0.4) is 0 Å². The van der Waals surface area contributed by atoms with Gasteiger partial charge in [-0.3, -0.25) is 9.67 Å². The normalized spacial score (nSPS) is 10.8. The van der Waals surface area contributed by atoms with Crippen molar-refractivity contribution in [1.29, 1.82) is 0 Å². The van der Waals surface area contributed by atoms with Crippen molar-refractivity contribution in [3.63, 3.8) is 0 Å². The summed E-state index contributed by atoms with van der Waals surface area (Å²) in [4.78, 5) is 0. The first kappa shape index (κ1) is 11.9. The molecule has 3 nitrogen and oxygen atoms in total. The van der Waals surface area contributed by atoms with Crippen molar-refractivity contribution in [3.8, 4) is 5.69 Å². The third kappa shape index (κ3) is 2.26. The molecule has 0 fully saturated rings. The summed E-state index contributed by atoms with van der Waals surface area (Å²) in [6, 6.07) is 3.66. The Hall–Kier alpha value is -1.56. The van der Waals surface area contributed by atoms with Crippen molar-refractivity contribution in [1.82, 2.24) is 14.8 Å². The monoisotopic (exact) mass is 255 g/mol. The van der Waals surface area contributed by atoms with Crippen molar-refractivity contribution in [3.05, 3.63) is 40.4 Å². The number of nitrogens with zero attached hydrogens (tertiary/aromatic N) is 2. The first-order chi connectivity index (χ1) is 8.13. The molecule has 0 saturated heterocycles. The van der Waals surface area contributed by atoms with Crippen molar-refractivity contribution in [2.45, 2.75) is 19.8 Å². The van der Waals surface area contributed by atoms with E-state index in [9.17, 15) is 8.78 Å². The lowest BCUT2D eigenvalue weighted by Crippen LogP contribution is -2.02. The Bertz CT molecular complexity index is 589. The summed E-state index contributed by atoms with van der Waals surface area (Å²) in [6.45, 7) is 2.01. The number of aromatic nitrogens is 3. The van der Waals surface area contributed by atoms with E-state index >= 15 is 0 Å².